The lowest BCUT2D eigenvalue weighted by molar-refractivity contribution is 0.765. The van der Waals surface area contributed by atoms with Crippen LogP contribution in [0.1, 0.15) is 17.3 Å². The first-order valence-electron chi connectivity index (χ1n) is 5.57. The number of fused-ring (bicyclic) bond motifs is 1. The molecule has 2 heterocycles. The maximum absolute atomic E-state index is 5.98. The minimum absolute atomic E-state index is 0.216. The van der Waals surface area contributed by atoms with E-state index in [-0.39, 0.29) is 6.17 Å². The van der Waals surface area contributed by atoms with E-state index in [2.05, 4.69) is 30.9 Å². The van der Waals surface area contributed by atoms with Crippen molar-refractivity contribution in [1.29, 1.82) is 0 Å². The van der Waals surface area contributed by atoms with Crippen LogP contribution < -0.4 is 16.4 Å². The number of halogens is 1. The van der Waals surface area contributed by atoms with Crippen molar-refractivity contribution in [1.82, 2.24) is 4.98 Å². The van der Waals surface area contributed by atoms with Crippen molar-refractivity contribution in [3.63, 3.8) is 0 Å². The minimum atomic E-state index is -0.216. The number of pyridine rings is 1. The Hall–Kier alpha value is -1.75. The molecule has 0 saturated heterocycles. The Bertz CT molecular complexity index is 725. The third-order valence-electron chi connectivity index (χ3n) is 2.96. The predicted molar refractivity (Wildman–Crippen MR) is 72.6 cm³/mol. The third kappa shape index (κ3) is 1.71. The van der Waals surface area contributed by atoms with Gasteiger partial charge in [-0.05, 0) is 40.5 Å². The van der Waals surface area contributed by atoms with Crippen LogP contribution in [0.4, 0.5) is 5.69 Å². The van der Waals surface area contributed by atoms with Crippen LogP contribution in [0, 0.1) is 6.92 Å². The van der Waals surface area contributed by atoms with E-state index in [1.165, 1.54) is 0 Å². The second-order valence-corrected chi connectivity index (χ2v) is 5.00. The molecule has 0 spiro atoms. The summed E-state index contributed by atoms with van der Waals surface area (Å²) in [5.41, 5.74) is 8.69. The maximum Gasteiger partial charge on any atom is 0.168 e. The van der Waals surface area contributed by atoms with Gasteiger partial charge in [-0.2, -0.15) is 0 Å². The van der Waals surface area contributed by atoms with Crippen LogP contribution >= 0.6 is 15.9 Å². The van der Waals surface area contributed by atoms with E-state index < -0.39 is 0 Å². The molecule has 90 valence electrons. The normalized spacial score (nSPS) is 16.9. The molecule has 5 heteroatoms. The van der Waals surface area contributed by atoms with Crippen molar-refractivity contribution in [2.45, 2.75) is 13.1 Å². The second-order valence-electron chi connectivity index (χ2n) is 4.21. The van der Waals surface area contributed by atoms with Crippen LogP contribution in [-0.2, 0) is 0 Å². The molecule has 2 N–H and O–H groups in total. The Morgan fingerprint density at radius 3 is 2.89 bits per heavy atom. The highest BCUT2D eigenvalue weighted by molar-refractivity contribution is 9.10. The SMILES string of the molecule is Cc1cc2c(c(Br)c1N)=NC(c1cccnc1)N=2. The van der Waals surface area contributed by atoms with Crippen LogP contribution in [0.2, 0.25) is 0 Å². The fraction of sp³-hybridized carbons (Fsp3) is 0.154. The molecule has 1 atom stereocenters. The van der Waals surface area contributed by atoms with Gasteiger partial charge in [0.25, 0.3) is 0 Å². The Labute approximate surface area is 112 Å². The highest BCUT2D eigenvalue weighted by atomic mass is 79.9. The van der Waals surface area contributed by atoms with Crippen LogP contribution in [0.5, 0.6) is 0 Å². The summed E-state index contributed by atoms with van der Waals surface area (Å²) in [5, 5.41) is 1.70. The van der Waals surface area contributed by atoms with Gasteiger partial charge >= 0.3 is 0 Å². The monoisotopic (exact) mass is 302 g/mol. The molecule has 0 radical (unpaired) electrons. The largest absolute Gasteiger partial charge is 0.398 e. The molecular formula is C13H11BrN4. The number of aryl methyl sites for hydroxylation is 1. The van der Waals surface area contributed by atoms with E-state index in [0.29, 0.717) is 0 Å². The molecule has 1 aliphatic heterocycles. The molecule has 0 bridgehead atoms. The van der Waals surface area contributed by atoms with Gasteiger partial charge in [0.1, 0.15) is 5.36 Å². The Balaban J connectivity index is 2.20. The predicted octanol–water partition coefficient (Wildman–Crippen LogP) is 1.69. The summed E-state index contributed by atoms with van der Waals surface area (Å²) < 4.78 is 0.827. The van der Waals surface area contributed by atoms with Crippen molar-refractivity contribution in [3.8, 4) is 0 Å². The number of benzene rings is 1. The summed E-state index contributed by atoms with van der Waals surface area (Å²) in [5.74, 6) is 0. The molecule has 1 aliphatic rings. The molecule has 0 aliphatic carbocycles. The van der Waals surface area contributed by atoms with Crippen molar-refractivity contribution < 1.29 is 0 Å². The van der Waals surface area contributed by atoms with Gasteiger partial charge in [0, 0.05) is 18.0 Å². The molecule has 0 saturated carbocycles. The molecule has 18 heavy (non-hydrogen) atoms. The van der Waals surface area contributed by atoms with Gasteiger partial charge in [0.05, 0.1) is 15.5 Å². The van der Waals surface area contributed by atoms with E-state index in [4.69, 9.17) is 5.73 Å². The fourth-order valence-corrected chi connectivity index (χ4v) is 2.56. The summed E-state index contributed by atoms with van der Waals surface area (Å²) in [6.45, 7) is 1.97. The highest BCUT2D eigenvalue weighted by Crippen LogP contribution is 2.22. The molecular weight excluding hydrogens is 292 g/mol. The number of hydrogen-bond donors (Lipinski definition) is 1. The Morgan fingerprint density at radius 2 is 2.17 bits per heavy atom. The lowest BCUT2D eigenvalue weighted by atomic mass is 10.2. The highest BCUT2D eigenvalue weighted by Gasteiger charge is 2.16. The standard InChI is InChI=1S/C13H11BrN4/c1-7-5-9-12(10(14)11(7)15)18-13(17-9)8-3-2-4-16-6-8/h2-6,13H,15H2,1H3. The van der Waals surface area contributed by atoms with Crippen LogP contribution in [-0.4, -0.2) is 4.98 Å². The quantitative estimate of drug-likeness (QED) is 0.815. The molecule has 1 unspecified atom stereocenters. The zero-order valence-corrected chi connectivity index (χ0v) is 11.3. The zero-order valence-electron chi connectivity index (χ0n) is 9.76. The molecule has 3 rings (SSSR count). The summed E-state index contributed by atoms with van der Waals surface area (Å²) in [6.07, 6.45) is 3.31. The van der Waals surface area contributed by atoms with Crippen molar-refractivity contribution in [2.24, 2.45) is 9.98 Å². The average molecular weight is 303 g/mol. The Morgan fingerprint density at radius 1 is 1.33 bits per heavy atom. The molecule has 0 amide bonds. The van der Waals surface area contributed by atoms with Gasteiger partial charge in [-0.1, -0.05) is 6.07 Å². The summed E-state index contributed by atoms with van der Waals surface area (Å²) in [4.78, 5) is 13.3. The summed E-state index contributed by atoms with van der Waals surface area (Å²) >= 11 is 3.49. The van der Waals surface area contributed by atoms with Gasteiger partial charge in [-0.25, -0.2) is 0 Å². The molecule has 4 nitrogen and oxygen atoms in total. The number of nitrogens with zero attached hydrogens (tertiary/aromatic N) is 3. The molecule has 0 fully saturated rings. The number of nitrogens with two attached hydrogens (primary N) is 1. The van der Waals surface area contributed by atoms with Gasteiger partial charge in [0.2, 0.25) is 0 Å². The van der Waals surface area contributed by atoms with E-state index in [0.717, 1.165) is 32.0 Å². The number of aromatic nitrogens is 1. The van der Waals surface area contributed by atoms with Crippen molar-refractivity contribution in [3.05, 3.63) is 56.9 Å². The van der Waals surface area contributed by atoms with Crippen LogP contribution in [0.25, 0.3) is 0 Å². The fourth-order valence-electron chi connectivity index (χ4n) is 1.95. The number of hydrogen-bond acceptors (Lipinski definition) is 4. The Kier molecular flexibility index (Phi) is 2.63. The van der Waals surface area contributed by atoms with Crippen molar-refractivity contribution in [2.75, 3.05) is 5.73 Å². The topological polar surface area (TPSA) is 63.6 Å². The number of anilines is 1. The first kappa shape index (κ1) is 11.3. The summed E-state index contributed by atoms with van der Waals surface area (Å²) in [6, 6.07) is 5.83. The van der Waals surface area contributed by atoms with E-state index in [1.54, 1.807) is 12.4 Å². The van der Waals surface area contributed by atoms with Gasteiger partial charge in [-0.3, -0.25) is 15.0 Å². The molecule has 2 aromatic rings. The first-order valence-corrected chi connectivity index (χ1v) is 6.36. The van der Waals surface area contributed by atoms with E-state index >= 15 is 0 Å². The zero-order chi connectivity index (χ0) is 12.7. The van der Waals surface area contributed by atoms with Crippen LogP contribution in [0.3, 0.4) is 0 Å². The number of nitrogen functional groups attached to an aromatic ring is 1. The van der Waals surface area contributed by atoms with Crippen LogP contribution in [0.15, 0.2) is 45.1 Å². The maximum atomic E-state index is 5.98. The smallest absolute Gasteiger partial charge is 0.168 e. The third-order valence-corrected chi connectivity index (χ3v) is 3.76. The minimum Gasteiger partial charge on any atom is -0.398 e. The lowest BCUT2D eigenvalue weighted by Gasteiger charge is -2.02. The lowest BCUT2D eigenvalue weighted by Crippen LogP contribution is -2.24. The van der Waals surface area contributed by atoms with Gasteiger partial charge in [0.15, 0.2) is 6.17 Å². The summed E-state index contributed by atoms with van der Waals surface area (Å²) in [7, 11) is 0. The van der Waals surface area contributed by atoms with E-state index in [9.17, 15) is 0 Å². The first-order chi connectivity index (χ1) is 8.66. The number of rotatable bonds is 1. The van der Waals surface area contributed by atoms with Crippen molar-refractivity contribution >= 4 is 21.6 Å². The average Bonchev–Trinajstić information content (AvgIpc) is 2.81. The second kappa shape index (κ2) is 4.17. The van der Waals surface area contributed by atoms with Gasteiger partial charge in [-0.15, -0.1) is 0 Å². The molecule has 1 aromatic carbocycles. The van der Waals surface area contributed by atoms with Gasteiger partial charge < -0.3 is 5.73 Å². The molecule has 1 aromatic heterocycles. The van der Waals surface area contributed by atoms with E-state index in [1.807, 2.05) is 25.1 Å².